The van der Waals surface area contributed by atoms with Crippen molar-refractivity contribution in [2.24, 2.45) is 0 Å². The van der Waals surface area contributed by atoms with E-state index in [1.807, 2.05) is 45.0 Å². The van der Waals surface area contributed by atoms with E-state index in [1.54, 1.807) is 0 Å². The standard InChI is InChI=1S/C16H21N3O3/c1-4-13(22-14-8-6-5-7-11(14)2)16(20)17-9-12(3)15-18-10-21-19-15/h5-8,10,12-13H,4,9H2,1-3H3,(H,17,20). The van der Waals surface area contributed by atoms with Crippen molar-refractivity contribution in [1.82, 2.24) is 15.5 Å². The van der Waals surface area contributed by atoms with Crippen LogP contribution in [0.15, 0.2) is 35.2 Å². The van der Waals surface area contributed by atoms with Gasteiger partial charge in [-0.15, -0.1) is 0 Å². The summed E-state index contributed by atoms with van der Waals surface area (Å²) in [6.45, 7) is 6.24. The van der Waals surface area contributed by atoms with Gasteiger partial charge in [-0.25, -0.2) is 0 Å². The molecule has 118 valence electrons. The molecule has 1 N–H and O–H groups in total. The molecule has 0 bridgehead atoms. The Hall–Kier alpha value is -2.37. The van der Waals surface area contributed by atoms with Gasteiger partial charge < -0.3 is 14.6 Å². The van der Waals surface area contributed by atoms with Gasteiger partial charge in [0.25, 0.3) is 5.91 Å². The molecule has 0 fully saturated rings. The molecule has 0 spiro atoms. The number of benzene rings is 1. The minimum Gasteiger partial charge on any atom is -0.480 e. The fraction of sp³-hybridized carbons (Fsp3) is 0.438. The minimum absolute atomic E-state index is 0.0151. The first kappa shape index (κ1) is 16.0. The first-order chi connectivity index (χ1) is 10.6. The van der Waals surface area contributed by atoms with Crippen molar-refractivity contribution in [2.75, 3.05) is 6.54 Å². The highest BCUT2D eigenvalue weighted by molar-refractivity contribution is 5.81. The third-order valence-electron chi connectivity index (χ3n) is 3.43. The predicted molar refractivity (Wildman–Crippen MR) is 81.6 cm³/mol. The van der Waals surface area contributed by atoms with Crippen molar-refractivity contribution in [3.63, 3.8) is 0 Å². The SMILES string of the molecule is CCC(Oc1ccccc1C)C(=O)NCC(C)c1ncon1. The highest BCUT2D eigenvalue weighted by Gasteiger charge is 2.20. The molecular formula is C16H21N3O3. The Morgan fingerprint density at radius 1 is 1.41 bits per heavy atom. The van der Waals surface area contributed by atoms with Gasteiger partial charge in [0.1, 0.15) is 5.75 Å². The lowest BCUT2D eigenvalue weighted by Gasteiger charge is -2.19. The quantitative estimate of drug-likeness (QED) is 0.850. The smallest absolute Gasteiger partial charge is 0.261 e. The summed E-state index contributed by atoms with van der Waals surface area (Å²) in [6.07, 6.45) is 1.36. The van der Waals surface area contributed by atoms with Crippen LogP contribution in [0.1, 0.15) is 37.6 Å². The van der Waals surface area contributed by atoms with E-state index < -0.39 is 6.10 Å². The van der Waals surface area contributed by atoms with E-state index >= 15 is 0 Å². The molecule has 6 nitrogen and oxygen atoms in total. The van der Waals surface area contributed by atoms with Crippen molar-refractivity contribution in [2.45, 2.75) is 39.2 Å². The van der Waals surface area contributed by atoms with Gasteiger partial charge in [-0.1, -0.05) is 37.2 Å². The molecule has 0 aliphatic carbocycles. The molecule has 0 aliphatic rings. The van der Waals surface area contributed by atoms with E-state index in [4.69, 9.17) is 9.26 Å². The van der Waals surface area contributed by atoms with Crippen molar-refractivity contribution in [1.29, 1.82) is 0 Å². The summed E-state index contributed by atoms with van der Waals surface area (Å²) in [5, 5.41) is 6.65. The number of rotatable bonds is 7. The van der Waals surface area contributed by atoms with Gasteiger partial charge in [-0.2, -0.15) is 4.98 Å². The Bertz CT molecular complexity index is 598. The second-order valence-electron chi connectivity index (χ2n) is 5.22. The summed E-state index contributed by atoms with van der Waals surface area (Å²) < 4.78 is 10.5. The average molecular weight is 303 g/mol. The first-order valence-electron chi connectivity index (χ1n) is 7.38. The maximum atomic E-state index is 12.3. The lowest BCUT2D eigenvalue weighted by molar-refractivity contribution is -0.128. The van der Waals surface area contributed by atoms with E-state index in [9.17, 15) is 4.79 Å². The number of carbonyl (C=O) groups excluding carboxylic acids is 1. The molecule has 22 heavy (non-hydrogen) atoms. The molecule has 1 heterocycles. The number of carbonyl (C=O) groups is 1. The molecule has 2 rings (SSSR count). The molecule has 2 aromatic rings. The second-order valence-corrected chi connectivity index (χ2v) is 5.22. The Balaban J connectivity index is 1.90. The number of hydrogen-bond acceptors (Lipinski definition) is 5. The van der Waals surface area contributed by atoms with Crippen LogP contribution in [0, 0.1) is 6.92 Å². The van der Waals surface area contributed by atoms with Crippen LogP contribution < -0.4 is 10.1 Å². The number of aromatic nitrogens is 2. The summed E-state index contributed by atoms with van der Waals surface area (Å²) in [6, 6.07) is 7.66. The molecule has 6 heteroatoms. The van der Waals surface area contributed by atoms with E-state index in [2.05, 4.69) is 15.5 Å². The fourth-order valence-corrected chi connectivity index (χ4v) is 2.02. The third kappa shape index (κ3) is 4.07. The number of hydrogen-bond donors (Lipinski definition) is 1. The predicted octanol–water partition coefficient (Wildman–Crippen LogP) is 2.46. The van der Waals surface area contributed by atoms with Crippen LogP contribution in [0.3, 0.4) is 0 Å². The van der Waals surface area contributed by atoms with E-state index in [-0.39, 0.29) is 11.8 Å². The van der Waals surface area contributed by atoms with Crippen LogP contribution in [-0.2, 0) is 4.79 Å². The molecule has 1 amide bonds. The van der Waals surface area contributed by atoms with E-state index in [0.29, 0.717) is 18.8 Å². The van der Waals surface area contributed by atoms with Crippen LogP contribution in [0.2, 0.25) is 0 Å². The Labute approximate surface area is 129 Å². The van der Waals surface area contributed by atoms with Gasteiger partial charge >= 0.3 is 0 Å². The van der Waals surface area contributed by atoms with Crippen LogP contribution in [0.25, 0.3) is 0 Å². The van der Waals surface area contributed by atoms with Crippen molar-refractivity contribution >= 4 is 5.91 Å². The number of nitrogens with zero attached hydrogens (tertiary/aromatic N) is 2. The molecule has 0 radical (unpaired) electrons. The lowest BCUT2D eigenvalue weighted by atomic mass is 10.1. The van der Waals surface area contributed by atoms with Crippen molar-refractivity contribution in [3.8, 4) is 5.75 Å². The van der Waals surface area contributed by atoms with Crippen molar-refractivity contribution < 1.29 is 14.1 Å². The number of para-hydroxylation sites is 1. The van der Waals surface area contributed by atoms with Gasteiger partial charge in [0.15, 0.2) is 11.9 Å². The number of ether oxygens (including phenoxy) is 1. The maximum absolute atomic E-state index is 12.3. The van der Waals surface area contributed by atoms with Crippen LogP contribution in [-0.4, -0.2) is 28.7 Å². The summed E-state index contributed by atoms with van der Waals surface area (Å²) in [4.78, 5) is 16.2. The van der Waals surface area contributed by atoms with Crippen molar-refractivity contribution in [3.05, 3.63) is 42.0 Å². The molecule has 2 unspecified atom stereocenters. The molecule has 2 atom stereocenters. The highest BCUT2D eigenvalue weighted by Crippen LogP contribution is 2.19. The highest BCUT2D eigenvalue weighted by atomic mass is 16.5. The molecule has 1 aromatic heterocycles. The summed E-state index contributed by atoms with van der Waals surface area (Å²) in [7, 11) is 0. The monoisotopic (exact) mass is 303 g/mol. The van der Waals surface area contributed by atoms with Gasteiger partial charge in [0, 0.05) is 12.5 Å². The molecule has 1 aromatic carbocycles. The molecule has 0 saturated carbocycles. The zero-order valence-corrected chi connectivity index (χ0v) is 13.1. The summed E-state index contributed by atoms with van der Waals surface area (Å²) in [5.74, 6) is 1.16. The number of amides is 1. The summed E-state index contributed by atoms with van der Waals surface area (Å²) in [5.41, 5.74) is 1.01. The molecular weight excluding hydrogens is 282 g/mol. The van der Waals surface area contributed by atoms with Gasteiger partial charge in [-0.3, -0.25) is 4.79 Å². The Morgan fingerprint density at radius 2 is 2.18 bits per heavy atom. The zero-order valence-electron chi connectivity index (χ0n) is 13.1. The molecule has 0 aliphatic heterocycles. The number of aryl methyl sites for hydroxylation is 1. The van der Waals surface area contributed by atoms with E-state index in [1.165, 1.54) is 6.39 Å². The zero-order chi connectivity index (χ0) is 15.9. The maximum Gasteiger partial charge on any atom is 0.261 e. The Morgan fingerprint density at radius 3 is 2.82 bits per heavy atom. The van der Waals surface area contributed by atoms with Gasteiger partial charge in [0.05, 0.1) is 0 Å². The third-order valence-corrected chi connectivity index (χ3v) is 3.43. The lowest BCUT2D eigenvalue weighted by Crippen LogP contribution is -2.39. The van der Waals surface area contributed by atoms with Crippen LogP contribution in [0.4, 0.5) is 0 Å². The van der Waals surface area contributed by atoms with Crippen LogP contribution >= 0.6 is 0 Å². The van der Waals surface area contributed by atoms with Gasteiger partial charge in [-0.05, 0) is 25.0 Å². The largest absolute Gasteiger partial charge is 0.480 e. The topological polar surface area (TPSA) is 77.2 Å². The summed E-state index contributed by atoms with van der Waals surface area (Å²) >= 11 is 0. The normalized spacial score (nSPS) is 13.4. The minimum atomic E-state index is -0.515. The van der Waals surface area contributed by atoms with Gasteiger partial charge in [0.2, 0.25) is 6.39 Å². The number of nitrogens with one attached hydrogen (secondary N) is 1. The van der Waals surface area contributed by atoms with E-state index in [0.717, 1.165) is 11.3 Å². The Kier molecular flexibility index (Phi) is 5.52. The second kappa shape index (κ2) is 7.59. The first-order valence-corrected chi connectivity index (χ1v) is 7.38. The molecule has 0 saturated heterocycles. The average Bonchev–Trinajstić information content (AvgIpc) is 3.06. The van der Waals surface area contributed by atoms with Crippen LogP contribution in [0.5, 0.6) is 5.75 Å². The fourth-order valence-electron chi connectivity index (χ4n) is 2.02.